The van der Waals surface area contributed by atoms with E-state index in [0.717, 1.165) is 57.0 Å². The van der Waals surface area contributed by atoms with Gasteiger partial charge in [-0.05, 0) is 50.8 Å². The minimum Gasteiger partial charge on any atom is -0.378 e. The Hall–Kier alpha value is -1.35. The number of hydrogen-bond donors (Lipinski definition) is 2. The molecule has 1 fully saturated rings. The molecule has 27 heavy (non-hydrogen) atoms. The van der Waals surface area contributed by atoms with E-state index in [4.69, 9.17) is 9.73 Å². The molecule has 152 valence electrons. The minimum absolute atomic E-state index is 0. The second-order valence-electron chi connectivity index (χ2n) is 6.41. The number of nitrogens with zero attached hydrogens (tertiary/aromatic N) is 2. The standard InChI is InChI=1S/C20H32N4O2.HI/c1-4-22-20(24-13-10-18(11-14-24)26-5-2)23-12-9-16-7-6-8-17(15-16)19(25)21-3;/h6-8,15,18H,4-5,9-14H2,1-3H3,(H,21,25)(H,22,23);1H. The molecular weight excluding hydrogens is 455 g/mol. The number of carbonyl (C=O) groups excluding carboxylic acids is 1. The number of likely N-dealkylation sites (tertiary alicyclic amines) is 1. The van der Waals surface area contributed by atoms with Gasteiger partial charge in [-0.2, -0.15) is 0 Å². The topological polar surface area (TPSA) is 66.0 Å². The van der Waals surface area contributed by atoms with Gasteiger partial charge >= 0.3 is 0 Å². The summed E-state index contributed by atoms with van der Waals surface area (Å²) in [4.78, 5) is 18.9. The zero-order chi connectivity index (χ0) is 18.8. The largest absolute Gasteiger partial charge is 0.378 e. The molecule has 2 rings (SSSR count). The van der Waals surface area contributed by atoms with Crippen LogP contribution in [0.2, 0.25) is 0 Å². The smallest absolute Gasteiger partial charge is 0.251 e. The van der Waals surface area contributed by atoms with Crippen molar-refractivity contribution in [3.05, 3.63) is 35.4 Å². The van der Waals surface area contributed by atoms with Crippen molar-refractivity contribution in [3.63, 3.8) is 0 Å². The second-order valence-corrected chi connectivity index (χ2v) is 6.41. The lowest BCUT2D eigenvalue weighted by atomic mass is 10.1. The number of guanidine groups is 1. The van der Waals surface area contributed by atoms with Crippen LogP contribution in [-0.2, 0) is 11.2 Å². The van der Waals surface area contributed by atoms with Gasteiger partial charge < -0.3 is 20.3 Å². The number of rotatable bonds is 7. The van der Waals surface area contributed by atoms with Gasteiger partial charge in [0, 0.05) is 45.4 Å². The molecule has 0 unspecified atom stereocenters. The number of benzene rings is 1. The SMILES string of the molecule is CCNC(=NCCc1cccc(C(=O)NC)c1)N1CCC(OCC)CC1.I. The van der Waals surface area contributed by atoms with Crippen molar-refractivity contribution < 1.29 is 9.53 Å². The van der Waals surface area contributed by atoms with E-state index in [0.29, 0.717) is 18.2 Å². The van der Waals surface area contributed by atoms with Crippen LogP contribution >= 0.6 is 24.0 Å². The van der Waals surface area contributed by atoms with Gasteiger partial charge in [0.1, 0.15) is 0 Å². The number of hydrogen-bond acceptors (Lipinski definition) is 3. The van der Waals surface area contributed by atoms with Gasteiger partial charge in [0.15, 0.2) is 5.96 Å². The van der Waals surface area contributed by atoms with Crippen LogP contribution < -0.4 is 10.6 Å². The Labute approximate surface area is 180 Å². The molecule has 1 aliphatic heterocycles. The van der Waals surface area contributed by atoms with Gasteiger partial charge in [0.25, 0.3) is 5.91 Å². The summed E-state index contributed by atoms with van der Waals surface area (Å²) in [6, 6.07) is 7.74. The van der Waals surface area contributed by atoms with E-state index in [-0.39, 0.29) is 29.9 Å². The van der Waals surface area contributed by atoms with Crippen molar-refractivity contribution >= 4 is 35.8 Å². The summed E-state index contributed by atoms with van der Waals surface area (Å²) in [7, 11) is 1.65. The van der Waals surface area contributed by atoms with E-state index >= 15 is 0 Å². The molecule has 1 aliphatic rings. The summed E-state index contributed by atoms with van der Waals surface area (Å²) in [6.45, 7) is 8.44. The van der Waals surface area contributed by atoms with Crippen LogP contribution in [0.4, 0.5) is 0 Å². The van der Waals surface area contributed by atoms with Crippen LogP contribution in [0.5, 0.6) is 0 Å². The summed E-state index contributed by atoms with van der Waals surface area (Å²) in [5.74, 6) is 0.922. The van der Waals surface area contributed by atoms with Crippen molar-refractivity contribution in [2.75, 3.05) is 39.8 Å². The number of carbonyl (C=O) groups is 1. The highest BCUT2D eigenvalue weighted by atomic mass is 127. The monoisotopic (exact) mass is 488 g/mol. The van der Waals surface area contributed by atoms with Gasteiger partial charge in [-0.3, -0.25) is 9.79 Å². The summed E-state index contributed by atoms with van der Waals surface area (Å²) in [6.07, 6.45) is 3.29. The molecule has 6 nitrogen and oxygen atoms in total. The molecule has 7 heteroatoms. The molecule has 0 bridgehead atoms. The molecule has 0 aliphatic carbocycles. The third-order valence-electron chi connectivity index (χ3n) is 4.56. The fraction of sp³-hybridized carbons (Fsp3) is 0.600. The first-order valence-electron chi connectivity index (χ1n) is 9.63. The number of aliphatic imine (C=N–C) groups is 1. The van der Waals surface area contributed by atoms with E-state index in [2.05, 4.69) is 29.4 Å². The van der Waals surface area contributed by atoms with Crippen molar-refractivity contribution in [2.45, 2.75) is 39.2 Å². The number of piperidine rings is 1. The Morgan fingerprint density at radius 1 is 1.30 bits per heavy atom. The summed E-state index contributed by atoms with van der Waals surface area (Å²) in [5, 5.41) is 6.06. The maximum Gasteiger partial charge on any atom is 0.251 e. The van der Waals surface area contributed by atoms with Crippen molar-refractivity contribution in [3.8, 4) is 0 Å². The highest BCUT2D eigenvalue weighted by molar-refractivity contribution is 14.0. The average molecular weight is 488 g/mol. The van der Waals surface area contributed by atoms with Crippen molar-refractivity contribution in [2.24, 2.45) is 4.99 Å². The minimum atomic E-state index is -0.0548. The lowest BCUT2D eigenvalue weighted by molar-refractivity contribution is 0.0264. The molecule has 1 heterocycles. The lowest BCUT2D eigenvalue weighted by Crippen LogP contribution is -2.47. The highest BCUT2D eigenvalue weighted by Gasteiger charge is 2.21. The summed E-state index contributed by atoms with van der Waals surface area (Å²) >= 11 is 0. The van der Waals surface area contributed by atoms with E-state index in [1.54, 1.807) is 7.05 Å². The van der Waals surface area contributed by atoms with E-state index in [1.165, 1.54) is 0 Å². The van der Waals surface area contributed by atoms with E-state index < -0.39 is 0 Å². The third-order valence-corrected chi connectivity index (χ3v) is 4.56. The van der Waals surface area contributed by atoms with Gasteiger partial charge in [-0.15, -0.1) is 24.0 Å². The normalized spacial score (nSPS) is 15.2. The van der Waals surface area contributed by atoms with Crippen LogP contribution in [0.25, 0.3) is 0 Å². The molecule has 0 atom stereocenters. The van der Waals surface area contributed by atoms with Gasteiger partial charge in [0.2, 0.25) is 0 Å². The summed E-state index contributed by atoms with van der Waals surface area (Å²) < 4.78 is 5.73. The second kappa shape index (κ2) is 12.9. The van der Waals surface area contributed by atoms with Crippen molar-refractivity contribution in [1.82, 2.24) is 15.5 Å². The fourth-order valence-electron chi connectivity index (χ4n) is 3.20. The van der Waals surface area contributed by atoms with Crippen LogP contribution in [0.1, 0.15) is 42.6 Å². The maximum absolute atomic E-state index is 11.7. The van der Waals surface area contributed by atoms with Crippen LogP contribution in [0, 0.1) is 0 Å². The Bertz CT molecular complexity index is 601. The van der Waals surface area contributed by atoms with E-state index in [9.17, 15) is 4.79 Å². The molecule has 1 aromatic rings. The number of halogens is 1. The first kappa shape index (κ1) is 23.7. The molecule has 0 saturated carbocycles. The lowest BCUT2D eigenvalue weighted by Gasteiger charge is -2.34. The number of nitrogens with one attached hydrogen (secondary N) is 2. The van der Waals surface area contributed by atoms with Crippen LogP contribution in [0.15, 0.2) is 29.3 Å². The van der Waals surface area contributed by atoms with Crippen LogP contribution in [-0.4, -0.2) is 62.7 Å². The molecule has 2 N–H and O–H groups in total. The van der Waals surface area contributed by atoms with Crippen molar-refractivity contribution in [1.29, 1.82) is 0 Å². The third kappa shape index (κ3) is 7.65. The first-order chi connectivity index (χ1) is 12.7. The first-order valence-corrected chi connectivity index (χ1v) is 9.63. The predicted octanol–water partition coefficient (Wildman–Crippen LogP) is 2.67. The molecule has 1 amide bonds. The molecule has 1 aromatic carbocycles. The Morgan fingerprint density at radius 2 is 2.04 bits per heavy atom. The zero-order valence-corrected chi connectivity index (χ0v) is 19.0. The molecule has 0 aromatic heterocycles. The molecule has 0 radical (unpaired) electrons. The van der Waals surface area contributed by atoms with E-state index in [1.807, 2.05) is 24.3 Å². The zero-order valence-electron chi connectivity index (χ0n) is 16.7. The average Bonchev–Trinajstić information content (AvgIpc) is 2.68. The molecule has 1 saturated heterocycles. The summed E-state index contributed by atoms with van der Waals surface area (Å²) in [5.41, 5.74) is 1.82. The highest BCUT2D eigenvalue weighted by Crippen LogP contribution is 2.14. The van der Waals surface area contributed by atoms with Gasteiger partial charge in [0.05, 0.1) is 6.10 Å². The Morgan fingerprint density at radius 3 is 2.67 bits per heavy atom. The quantitative estimate of drug-likeness (QED) is 0.352. The fourth-order valence-corrected chi connectivity index (χ4v) is 3.20. The molecule has 0 spiro atoms. The molecular formula is C20H33IN4O2. The van der Waals surface area contributed by atoms with Gasteiger partial charge in [-0.25, -0.2) is 0 Å². The number of amides is 1. The predicted molar refractivity (Wildman–Crippen MR) is 121 cm³/mol. The van der Waals surface area contributed by atoms with Gasteiger partial charge in [-0.1, -0.05) is 12.1 Å². The Kier molecular flexibility index (Phi) is 11.3. The Balaban J connectivity index is 0.00000364. The number of ether oxygens (including phenoxy) is 1. The van der Waals surface area contributed by atoms with Crippen LogP contribution in [0.3, 0.4) is 0 Å². The maximum atomic E-state index is 11.7.